The van der Waals surface area contributed by atoms with Gasteiger partial charge in [0.05, 0.1) is 18.4 Å². The molecule has 2 aromatic carbocycles. The van der Waals surface area contributed by atoms with Crippen molar-refractivity contribution in [3.8, 4) is 5.75 Å². The van der Waals surface area contributed by atoms with Crippen LogP contribution in [0.3, 0.4) is 0 Å². The van der Waals surface area contributed by atoms with Crippen molar-refractivity contribution in [1.82, 2.24) is 4.98 Å². The van der Waals surface area contributed by atoms with Crippen molar-refractivity contribution in [2.45, 2.75) is 0 Å². The fourth-order valence-electron chi connectivity index (χ4n) is 3.00. The summed E-state index contributed by atoms with van der Waals surface area (Å²) in [5.41, 5.74) is 3.75. The number of carbonyl (C=O) groups is 2. The minimum Gasteiger partial charge on any atom is -0.495 e. The molecule has 0 atom stereocenters. The second-order valence-electron chi connectivity index (χ2n) is 6.05. The summed E-state index contributed by atoms with van der Waals surface area (Å²) in [4.78, 5) is 28.0. The number of H-pyrrole nitrogens is 1. The molecule has 0 unspecified atom stereocenters. The van der Waals surface area contributed by atoms with E-state index in [0.29, 0.717) is 33.8 Å². The van der Waals surface area contributed by atoms with E-state index < -0.39 is 0 Å². The van der Waals surface area contributed by atoms with Gasteiger partial charge in [0.15, 0.2) is 0 Å². The number of carbonyl (C=O) groups excluding carboxylic acids is 2. The number of nitrogens with one attached hydrogen (secondary N) is 3. The molecule has 1 aliphatic rings. The summed E-state index contributed by atoms with van der Waals surface area (Å²) in [6.45, 7) is 0. The number of hydrogen-bond acceptors (Lipinski definition) is 3. The van der Waals surface area contributed by atoms with Gasteiger partial charge in [-0.25, -0.2) is 0 Å². The third-order valence-electron chi connectivity index (χ3n) is 4.34. The van der Waals surface area contributed by atoms with E-state index >= 15 is 0 Å². The van der Waals surface area contributed by atoms with Gasteiger partial charge in [-0.2, -0.15) is 0 Å². The first-order valence-electron chi connectivity index (χ1n) is 8.41. The van der Waals surface area contributed by atoms with Crippen LogP contribution in [-0.4, -0.2) is 23.9 Å². The van der Waals surface area contributed by atoms with Crippen LogP contribution >= 0.6 is 0 Å². The van der Waals surface area contributed by atoms with Gasteiger partial charge in [0.2, 0.25) is 0 Å². The van der Waals surface area contributed by atoms with Crippen molar-refractivity contribution >= 4 is 34.8 Å². The van der Waals surface area contributed by atoms with E-state index in [-0.39, 0.29) is 11.8 Å². The lowest BCUT2D eigenvalue weighted by Crippen LogP contribution is -2.12. The van der Waals surface area contributed by atoms with Gasteiger partial charge in [-0.1, -0.05) is 12.1 Å². The molecule has 2 heterocycles. The fourth-order valence-corrected chi connectivity index (χ4v) is 3.00. The lowest BCUT2D eigenvalue weighted by Gasteiger charge is -2.10. The first-order chi connectivity index (χ1) is 13.2. The van der Waals surface area contributed by atoms with E-state index in [0.717, 1.165) is 5.69 Å². The van der Waals surface area contributed by atoms with E-state index in [4.69, 9.17) is 4.74 Å². The van der Waals surface area contributed by atoms with Crippen molar-refractivity contribution in [2.24, 2.45) is 0 Å². The van der Waals surface area contributed by atoms with Crippen LogP contribution in [0.1, 0.15) is 21.6 Å². The van der Waals surface area contributed by atoms with Crippen molar-refractivity contribution in [3.05, 3.63) is 77.6 Å². The first-order valence-corrected chi connectivity index (χ1v) is 8.41. The molecular formula is C21H17N3O3. The van der Waals surface area contributed by atoms with E-state index in [2.05, 4.69) is 15.6 Å². The zero-order chi connectivity index (χ0) is 18.8. The van der Waals surface area contributed by atoms with Crippen LogP contribution in [0.25, 0.3) is 11.6 Å². The number of rotatable bonds is 4. The Morgan fingerprint density at radius 3 is 2.74 bits per heavy atom. The van der Waals surface area contributed by atoms with E-state index in [1.54, 1.807) is 49.7 Å². The third-order valence-corrected chi connectivity index (χ3v) is 4.34. The highest BCUT2D eigenvalue weighted by Crippen LogP contribution is 2.34. The van der Waals surface area contributed by atoms with Crippen molar-refractivity contribution < 1.29 is 14.3 Å². The quantitative estimate of drug-likeness (QED) is 0.620. The smallest absolute Gasteiger partial charge is 0.256 e. The molecule has 0 spiro atoms. The molecule has 3 N–H and O–H groups in total. The van der Waals surface area contributed by atoms with Gasteiger partial charge < -0.3 is 20.4 Å². The molecule has 0 fully saturated rings. The van der Waals surface area contributed by atoms with Gasteiger partial charge >= 0.3 is 0 Å². The summed E-state index contributed by atoms with van der Waals surface area (Å²) < 4.78 is 5.26. The molecule has 0 saturated carbocycles. The summed E-state index contributed by atoms with van der Waals surface area (Å²) >= 11 is 0. The predicted octanol–water partition coefficient (Wildman–Crippen LogP) is 3.77. The SMILES string of the molecule is COc1ccccc1NC(=O)c1ccc2c(c1)/C(=C/c1ccc[nH]1)C(=O)N2. The minimum absolute atomic E-state index is 0.193. The van der Waals surface area contributed by atoms with Gasteiger partial charge in [0.25, 0.3) is 11.8 Å². The Kier molecular flexibility index (Phi) is 4.22. The second-order valence-corrected chi connectivity index (χ2v) is 6.05. The number of aromatic amines is 1. The fraction of sp³-hybridized carbons (Fsp3) is 0.0476. The standard InChI is InChI=1S/C21H17N3O3/c1-27-19-7-3-2-6-18(19)24-20(25)13-8-9-17-15(11-13)16(21(26)23-17)12-14-5-4-10-22-14/h2-12,22H,1H3,(H,23,26)(H,24,25)/b16-12-. The summed E-state index contributed by atoms with van der Waals surface area (Å²) in [5, 5.41) is 5.67. The number of hydrogen-bond donors (Lipinski definition) is 3. The number of methoxy groups -OCH3 is 1. The third kappa shape index (κ3) is 3.20. The molecule has 0 bridgehead atoms. The molecule has 2 amide bonds. The highest BCUT2D eigenvalue weighted by Gasteiger charge is 2.25. The lowest BCUT2D eigenvalue weighted by molar-refractivity contribution is -0.110. The monoisotopic (exact) mass is 359 g/mol. The van der Waals surface area contributed by atoms with E-state index in [1.807, 2.05) is 24.3 Å². The number of ether oxygens (including phenoxy) is 1. The molecule has 0 aliphatic carbocycles. The van der Waals surface area contributed by atoms with Crippen LogP contribution in [0, 0.1) is 0 Å². The van der Waals surface area contributed by atoms with Gasteiger partial charge in [0.1, 0.15) is 5.75 Å². The molecule has 3 aromatic rings. The van der Waals surface area contributed by atoms with Gasteiger partial charge in [-0.05, 0) is 48.5 Å². The van der Waals surface area contributed by atoms with Crippen LogP contribution in [0.2, 0.25) is 0 Å². The Hall–Kier alpha value is -3.80. The van der Waals surface area contributed by atoms with E-state index in [1.165, 1.54) is 0 Å². The maximum absolute atomic E-state index is 12.7. The Morgan fingerprint density at radius 2 is 1.96 bits per heavy atom. The van der Waals surface area contributed by atoms with Crippen LogP contribution in [0.15, 0.2) is 60.8 Å². The molecular weight excluding hydrogens is 342 g/mol. The normalized spacial score (nSPS) is 14.0. The summed E-state index contributed by atoms with van der Waals surface area (Å²) in [7, 11) is 1.55. The van der Waals surface area contributed by atoms with Crippen molar-refractivity contribution in [3.63, 3.8) is 0 Å². The number of benzene rings is 2. The molecule has 4 rings (SSSR count). The summed E-state index contributed by atoms with van der Waals surface area (Å²) in [6, 6.07) is 16.1. The lowest BCUT2D eigenvalue weighted by atomic mass is 10.0. The average Bonchev–Trinajstić information content (AvgIpc) is 3.30. The van der Waals surface area contributed by atoms with Gasteiger partial charge in [0, 0.05) is 28.7 Å². The minimum atomic E-state index is -0.277. The average molecular weight is 359 g/mol. The molecule has 0 radical (unpaired) electrons. The largest absolute Gasteiger partial charge is 0.495 e. The Bertz CT molecular complexity index is 1050. The van der Waals surface area contributed by atoms with Crippen molar-refractivity contribution in [2.75, 3.05) is 17.7 Å². The number of para-hydroxylation sites is 2. The molecule has 1 aliphatic heterocycles. The number of fused-ring (bicyclic) bond motifs is 1. The predicted molar refractivity (Wildman–Crippen MR) is 105 cm³/mol. The van der Waals surface area contributed by atoms with Crippen LogP contribution in [0.5, 0.6) is 5.75 Å². The highest BCUT2D eigenvalue weighted by molar-refractivity contribution is 6.35. The van der Waals surface area contributed by atoms with Crippen molar-refractivity contribution in [1.29, 1.82) is 0 Å². The second kappa shape index (κ2) is 6.84. The number of aromatic nitrogens is 1. The summed E-state index contributed by atoms with van der Waals surface area (Å²) in [6.07, 6.45) is 3.56. The molecule has 1 aromatic heterocycles. The molecule has 0 saturated heterocycles. The molecule has 134 valence electrons. The number of anilines is 2. The maximum Gasteiger partial charge on any atom is 0.256 e. The summed E-state index contributed by atoms with van der Waals surface area (Å²) in [5.74, 6) is 0.110. The Labute approximate surface area is 155 Å². The van der Waals surface area contributed by atoms with Gasteiger partial charge in [-0.3, -0.25) is 9.59 Å². The molecule has 27 heavy (non-hydrogen) atoms. The van der Waals surface area contributed by atoms with Crippen LogP contribution < -0.4 is 15.4 Å². The Balaban J connectivity index is 1.66. The maximum atomic E-state index is 12.7. The highest BCUT2D eigenvalue weighted by atomic mass is 16.5. The van der Waals surface area contributed by atoms with Crippen LogP contribution in [-0.2, 0) is 4.79 Å². The Morgan fingerprint density at radius 1 is 1.11 bits per heavy atom. The first kappa shape index (κ1) is 16.7. The van der Waals surface area contributed by atoms with Gasteiger partial charge in [-0.15, -0.1) is 0 Å². The molecule has 6 heteroatoms. The topological polar surface area (TPSA) is 83.2 Å². The van der Waals surface area contributed by atoms with E-state index in [9.17, 15) is 9.59 Å². The number of amides is 2. The van der Waals surface area contributed by atoms with Crippen LogP contribution in [0.4, 0.5) is 11.4 Å². The zero-order valence-electron chi connectivity index (χ0n) is 14.6. The zero-order valence-corrected chi connectivity index (χ0v) is 14.6. The molecule has 6 nitrogen and oxygen atoms in total.